The number of likely N-dealkylation sites (N-methyl/N-ethyl adjacent to an activating group) is 1. The van der Waals surface area contributed by atoms with Gasteiger partial charge >= 0.3 is 0 Å². The zero-order valence-electron chi connectivity index (χ0n) is 13.7. The second-order valence-electron chi connectivity index (χ2n) is 6.09. The minimum Gasteiger partial charge on any atom is -0.376 e. The predicted molar refractivity (Wildman–Crippen MR) is 93.1 cm³/mol. The van der Waals surface area contributed by atoms with E-state index in [1.165, 1.54) is 6.42 Å². The molecule has 0 aliphatic carbocycles. The molecule has 0 saturated carbocycles. The summed E-state index contributed by atoms with van der Waals surface area (Å²) < 4.78 is 7.71. The highest BCUT2D eigenvalue weighted by Crippen LogP contribution is 2.27. The lowest BCUT2D eigenvalue weighted by Gasteiger charge is -2.29. The van der Waals surface area contributed by atoms with Crippen LogP contribution in [0.25, 0.3) is 10.9 Å². The van der Waals surface area contributed by atoms with Crippen LogP contribution in [0, 0.1) is 0 Å². The van der Waals surface area contributed by atoms with Gasteiger partial charge in [-0.15, -0.1) is 0 Å². The molecular formula is C18H23ClN2O2. The van der Waals surface area contributed by atoms with E-state index in [9.17, 15) is 4.79 Å². The van der Waals surface area contributed by atoms with Crippen LogP contribution < -0.4 is 0 Å². The number of hydrogen-bond acceptors (Lipinski definition) is 2. The number of benzene rings is 1. The van der Waals surface area contributed by atoms with Crippen LogP contribution in [-0.4, -0.2) is 41.2 Å². The summed E-state index contributed by atoms with van der Waals surface area (Å²) in [5, 5.41) is 1.60. The summed E-state index contributed by atoms with van der Waals surface area (Å²) >= 11 is 6.26. The fraction of sp³-hybridized carbons (Fsp3) is 0.500. The minimum absolute atomic E-state index is 0.0384. The predicted octanol–water partition coefficient (Wildman–Crippen LogP) is 3.86. The molecule has 1 aromatic heterocycles. The van der Waals surface area contributed by atoms with Gasteiger partial charge in [0.2, 0.25) is 0 Å². The monoisotopic (exact) mass is 334 g/mol. The smallest absolute Gasteiger partial charge is 0.270 e. The number of amides is 1. The molecule has 124 valence electrons. The normalized spacial score (nSPS) is 18.3. The van der Waals surface area contributed by atoms with Gasteiger partial charge in [-0.25, -0.2) is 0 Å². The SMILES string of the molecule is CCN(CC1CCCCO1)C(=O)c1cc2c(Cl)cccc2n1C. The van der Waals surface area contributed by atoms with Crippen molar-refractivity contribution >= 4 is 28.4 Å². The zero-order valence-corrected chi connectivity index (χ0v) is 14.5. The van der Waals surface area contributed by atoms with Gasteiger partial charge in [0.15, 0.2) is 0 Å². The van der Waals surface area contributed by atoms with Crippen molar-refractivity contribution in [1.82, 2.24) is 9.47 Å². The average Bonchev–Trinajstić information content (AvgIpc) is 2.91. The van der Waals surface area contributed by atoms with E-state index in [1.807, 2.05) is 47.7 Å². The molecule has 0 bridgehead atoms. The highest BCUT2D eigenvalue weighted by atomic mass is 35.5. The quantitative estimate of drug-likeness (QED) is 0.850. The molecule has 1 aliphatic rings. The Morgan fingerprint density at radius 2 is 2.26 bits per heavy atom. The lowest BCUT2D eigenvalue weighted by Crippen LogP contribution is -2.40. The molecule has 2 aromatic rings. The van der Waals surface area contributed by atoms with Gasteiger partial charge in [0, 0.05) is 42.7 Å². The van der Waals surface area contributed by atoms with E-state index in [2.05, 4.69) is 0 Å². The number of carbonyl (C=O) groups excluding carboxylic acids is 1. The molecule has 5 heteroatoms. The first kappa shape index (κ1) is 16.3. The molecule has 0 radical (unpaired) electrons. The van der Waals surface area contributed by atoms with Crippen LogP contribution in [0.4, 0.5) is 0 Å². The van der Waals surface area contributed by atoms with Crippen LogP contribution >= 0.6 is 11.6 Å². The van der Waals surface area contributed by atoms with Crippen LogP contribution in [0.15, 0.2) is 24.3 Å². The van der Waals surface area contributed by atoms with Gasteiger partial charge < -0.3 is 14.2 Å². The molecule has 1 aromatic carbocycles. The number of fused-ring (bicyclic) bond motifs is 1. The van der Waals surface area contributed by atoms with Gasteiger partial charge in [-0.1, -0.05) is 17.7 Å². The van der Waals surface area contributed by atoms with E-state index in [-0.39, 0.29) is 12.0 Å². The van der Waals surface area contributed by atoms with Crippen molar-refractivity contribution in [3.05, 3.63) is 35.0 Å². The molecule has 1 fully saturated rings. The van der Waals surface area contributed by atoms with Gasteiger partial charge in [-0.2, -0.15) is 0 Å². The molecular weight excluding hydrogens is 312 g/mol. The molecule has 1 unspecified atom stereocenters. The third kappa shape index (κ3) is 3.24. The lowest BCUT2D eigenvalue weighted by molar-refractivity contribution is -0.00329. The number of hydrogen-bond donors (Lipinski definition) is 0. The molecule has 2 heterocycles. The third-order valence-corrected chi connectivity index (χ3v) is 4.95. The molecule has 1 amide bonds. The van der Waals surface area contributed by atoms with Crippen molar-refractivity contribution in [2.75, 3.05) is 19.7 Å². The first-order chi connectivity index (χ1) is 11.1. The van der Waals surface area contributed by atoms with E-state index in [0.717, 1.165) is 30.4 Å². The molecule has 0 N–H and O–H groups in total. The van der Waals surface area contributed by atoms with Crippen LogP contribution in [0.5, 0.6) is 0 Å². The van der Waals surface area contributed by atoms with Crippen molar-refractivity contribution in [2.24, 2.45) is 7.05 Å². The molecule has 0 spiro atoms. The molecule has 23 heavy (non-hydrogen) atoms. The summed E-state index contributed by atoms with van der Waals surface area (Å²) in [6.07, 6.45) is 3.49. The maximum absolute atomic E-state index is 13.0. The summed E-state index contributed by atoms with van der Waals surface area (Å²) in [5.41, 5.74) is 1.65. The largest absolute Gasteiger partial charge is 0.376 e. The molecule has 3 rings (SSSR count). The number of aryl methyl sites for hydroxylation is 1. The van der Waals surface area contributed by atoms with Gasteiger partial charge in [-0.05, 0) is 44.4 Å². The van der Waals surface area contributed by atoms with Crippen molar-refractivity contribution in [2.45, 2.75) is 32.3 Å². The molecule has 1 aliphatic heterocycles. The van der Waals surface area contributed by atoms with Crippen molar-refractivity contribution in [3.63, 3.8) is 0 Å². The second-order valence-corrected chi connectivity index (χ2v) is 6.50. The number of carbonyl (C=O) groups is 1. The van der Waals surface area contributed by atoms with E-state index in [0.29, 0.717) is 23.8 Å². The van der Waals surface area contributed by atoms with E-state index in [4.69, 9.17) is 16.3 Å². The maximum atomic E-state index is 13.0. The Hall–Kier alpha value is -1.52. The summed E-state index contributed by atoms with van der Waals surface area (Å²) in [7, 11) is 1.91. The van der Waals surface area contributed by atoms with Crippen molar-refractivity contribution < 1.29 is 9.53 Å². The first-order valence-electron chi connectivity index (χ1n) is 8.26. The summed E-state index contributed by atoms with van der Waals surface area (Å²) in [5.74, 6) is 0.0384. The van der Waals surface area contributed by atoms with Crippen LogP contribution in [0.3, 0.4) is 0 Å². The van der Waals surface area contributed by atoms with Gasteiger partial charge in [0.25, 0.3) is 5.91 Å². The Morgan fingerprint density at radius 1 is 1.43 bits per heavy atom. The summed E-state index contributed by atoms with van der Waals surface area (Å²) in [4.78, 5) is 14.8. The fourth-order valence-electron chi connectivity index (χ4n) is 3.24. The number of halogens is 1. The molecule has 1 saturated heterocycles. The van der Waals surface area contributed by atoms with Crippen LogP contribution in [-0.2, 0) is 11.8 Å². The zero-order chi connectivity index (χ0) is 16.4. The standard InChI is InChI=1S/C18H23ClN2O2/c1-3-21(12-13-7-4-5-10-23-13)18(22)17-11-14-15(19)8-6-9-16(14)20(17)2/h6,8-9,11,13H,3-5,7,10,12H2,1-2H3. The number of ether oxygens (including phenoxy) is 1. The topological polar surface area (TPSA) is 34.5 Å². The van der Waals surface area contributed by atoms with E-state index in [1.54, 1.807) is 0 Å². The minimum atomic E-state index is 0.0384. The Morgan fingerprint density at radius 3 is 2.91 bits per heavy atom. The summed E-state index contributed by atoms with van der Waals surface area (Å²) in [6.45, 7) is 4.15. The second kappa shape index (κ2) is 6.93. The van der Waals surface area contributed by atoms with Crippen molar-refractivity contribution in [1.29, 1.82) is 0 Å². The third-order valence-electron chi connectivity index (χ3n) is 4.62. The summed E-state index contributed by atoms with van der Waals surface area (Å²) in [6, 6.07) is 7.64. The van der Waals surface area contributed by atoms with E-state index < -0.39 is 0 Å². The fourth-order valence-corrected chi connectivity index (χ4v) is 3.47. The van der Waals surface area contributed by atoms with Gasteiger partial charge in [0.1, 0.15) is 5.69 Å². The number of aromatic nitrogens is 1. The van der Waals surface area contributed by atoms with Crippen molar-refractivity contribution in [3.8, 4) is 0 Å². The molecule has 4 nitrogen and oxygen atoms in total. The van der Waals surface area contributed by atoms with Gasteiger partial charge in [-0.3, -0.25) is 4.79 Å². The average molecular weight is 335 g/mol. The number of nitrogens with zero attached hydrogens (tertiary/aromatic N) is 2. The van der Waals surface area contributed by atoms with Crippen LogP contribution in [0.2, 0.25) is 5.02 Å². The Balaban J connectivity index is 1.85. The molecule has 1 atom stereocenters. The Labute approximate surface area is 142 Å². The lowest BCUT2D eigenvalue weighted by atomic mass is 10.1. The highest BCUT2D eigenvalue weighted by molar-refractivity contribution is 6.35. The Kier molecular flexibility index (Phi) is 4.93. The van der Waals surface area contributed by atoms with Crippen LogP contribution in [0.1, 0.15) is 36.7 Å². The maximum Gasteiger partial charge on any atom is 0.270 e. The Bertz CT molecular complexity index is 704. The van der Waals surface area contributed by atoms with E-state index >= 15 is 0 Å². The number of rotatable bonds is 4. The first-order valence-corrected chi connectivity index (χ1v) is 8.64. The highest BCUT2D eigenvalue weighted by Gasteiger charge is 2.24. The van der Waals surface area contributed by atoms with Gasteiger partial charge in [0.05, 0.1) is 6.10 Å².